The highest BCUT2D eigenvalue weighted by molar-refractivity contribution is 5.66. The second-order valence-corrected chi connectivity index (χ2v) is 2.15. The van der Waals surface area contributed by atoms with E-state index in [1.807, 2.05) is 0 Å². The molecule has 4 N–H and O–H groups in total. The molecule has 0 saturated carbocycles. The van der Waals surface area contributed by atoms with Gasteiger partial charge in [0, 0.05) is 14.1 Å². The molecule has 0 aromatic rings. The lowest BCUT2D eigenvalue weighted by molar-refractivity contribution is 0.153. The number of rotatable bonds is 2. The van der Waals surface area contributed by atoms with E-state index in [1.165, 1.54) is 14.1 Å². The molecule has 10 nitrogen and oxygen atoms in total. The summed E-state index contributed by atoms with van der Waals surface area (Å²) in [5, 5.41) is 15.4. The number of alkyl carbamates (subject to hydrolysis) is 2. The van der Waals surface area contributed by atoms with Crippen molar-refractivity contribution in [1.29, 1.82) is 10.8 Å². The molecule has 0 aromatic carbocycles. The van der Waals surface area contributed by atoms with Gasteiger partial charge in [0.2, 0.25) is 12.2 Å². The van der Waals surface area contributed by atoms with Crippen molar-refractivity contribution in [2.75, 3.05) is 27.3 Å². The summed E-state index contributed by atoms with van der Waals surface area (Å²) in [6.07, 6.45) is 0.755. The molecule has 0 aromatic heterocycles. The van der Waals surface area contributed by atoms with Crippen molar-refractivity contribution >= 4 is 24.3 Å². The molecular weight excluding hydrogens is 272 g/mol. The maximum atomic E-state index is 10.1. The number of isocyanates is 2. The lowest BCUT2D eigenvalue weighted by atomic mass is 10.9. The van der Waals surface area contributed by atoms with Crippen LogP contribution in [0.3, 0.4) is 0 Å². The minimum Gasteiger partial charge on any atom is -0.450 e. The Kier molecular flexibility index (Phi) is 38.8. The van der Waals surface area contributed by atoms with Crippen molar-refractivity contribution in [2.45, 2.75) is 13.8 Å². The van der Waals surface area contributed by atoms with E-state index in [1.54, 1.807) is 13.8 Å². The van der Waals surface area contributed by atoms with Gasteiger partial charge in [-0.05, 0) is 13.8 Å². The molecule has 0 heterocycles. The molecule has 0 atom stereocenters. The lowest BCUT2D eigenvalue weighted by Crippen LogP contribution is -2.18. The first kappa shape index (κ1) is 26.0. The summed E-state index contributed by atoms with van der Waals surface area (Å²) in [7, 11) is 3.05. The molecule has 0 rings (SSSR count). The minimum atomic E-state index is -0.373. The van der Waals surface area contributed by atoms with Gasteiger partial charge in [-0.15, -0.1) is 0 Å². The highest BCUT2D eigenvalue weighted by Crippen LogP contribution is 1.71. The van der Waals surface area contributed by atoms with Crippen molar-refractivity contribution in [3.8, 4) is 0 Å². The summed E-state index contributed by atoms with van der Waals surface area (Å²) in [5.41, 5.74) is 0. The monoisotopic (exact) mass is 292 g/mol. The largest absolute Gasteiger partial charge is 0.450 e. The number of nitrogens with one attached hydrogen (secondary N) is 4. The number of carbonyl (C=O) groups is 2. The summed E-state index contributed by atoms with van der Waals surface area (Å²) in [6.45, 7) is 4.38. The topological polar surface area (TPSA) is 158 Å². The minimum absolute atomic E-state index is 0.373. The van der Waals surface area contributed by atoms with E-state index in [9.17, 15) is 9.59 Å². The fourth-order valence-electron chi connectivity index (χ4n) is 0.407. The van der Waals surface area contributed by atoms with Crippen LogP contribution >= 0.6 is 0 Å². The molecule has 0 unspecified atom stereocenters. The van der Waals surface area contributed by atoms with E-state index in [0.29, 0.717) is 13.2 Å². The predicted molar refractivity (Wildman–Crippen MR) is 69.0 cm³/mol. The van der Waals surface area contributed by atoms with E-state index < -0.39 is 0 Å². The van der Waals surface area contributed by atoms with Crippen LogP contribution in [0.4, 0.5) is 9.59 Å². The van der Waals surface area contributed by atoms with Crippen molar-refractivity contribution in [3.05, 3.63) is 0 Å². The second kappa shape index (κ2) is 29.9. The van der Waals surface area contributed by atoms with Crippen LogP contribution in [-0.4, -0.2) is 51.7 Å². The predicted octanol–water partition coefficient (Wildman–Crippen LogP) is 0.527. The summed E-state index contributed by atoms with van der Waals surface area (Å²) < 4.78 is 8.88. The highest BCUT2D eigenvalue weighted by Gasteiger charge is 1.89. The molecule has 20 heavy (non-hydrogen) atoms. The van der Waals surface area contributed by atoms with E-state index in [4.69, 9.17) is 20.4 Å². The first-order valence-corrected chi connectivity index (χ1v) is 5.22. The maximum absolute atomic E-state index is 10.1. The second-order valence-electron chi connectivity index (χ2n) is 2.15. The van der Waals surface area contributed by atoms with Crippen LogP contribution < -0.4 is 10.6 Å². The molecule has 116 valence electrons. The Bertz CT molecular complexity index is 266. The first-order valence-electron chi connectivity index (χ1n) is 5.22. The molecule has 0 radical (unpaired) electrons. The third-order valence-electron chi connectivity index (χ3n) is 0.959. The normalized spacial score (nSPS) is 6.20. The Labute approximate surface area is 116 Å². The fraction of sp³-hybridized carbons (Fsp3) is 0.600. The molecule has 0 saturated heterocycles. The van der Waals surface area contributed by atoms with Crippen LogP contribution in [0.5, 0.6) is 0 Å². The summed E-state index contributed by atoms with van der Waals surface area (Å²) >= 11 is 0. The Hall–Kier alpha value is -2.70. The van der Waals surface area contributed by atoms with Crippen LogP contribution in [-0.2, 0) is 19.1 Å². The quantitative estimate of drug-likeness (QED) is 0.429. The van der Waals surface area contributed by atoms with Crippen LogP contribution in [0.25, 0.3) is 0 Å². The maximum Gasteiger partial charge on any atom is 0.406 e. The Balaban J connectivity index is -0.0000000927. The Morgan fingerprint density at radius 3 is 1.15 bits per heavy atom. The van der Waals surface area contributed by atoms with Gasteiger partial charge >= 0.3 is 12.2 Å². The van der Waals surface area contributed by atoms with Crippen molar-refractivity contribution in [2.24, 2.45) is 0 Å². The standard InChI is InChI=1S/2C4H9NO2.2CHNO/c2*1-3-7-4(6)5-2;2*2-1-3/h2*3H2,1-2H3,(H,5,6);2*2H. The molecule has 0 aliphatic carbocycles. The Morgan fingerprint density at radius 2 is 1.10 bits per heavy atom. The van der Waals surface area contributed by atoms with E-state index >= 15 is 0 Å². The number of carbonyl (C=O) groups excluding carboxylic acids is 4. The molecular formula is C10H20N4O6. The van der Waals surface area contributed by atoms with Gasteiger partial charge in [0.05, 0.1) is 13.2 Å². The third-order valence-corrected chi connectivity index (χ3v) is 0.959. The molecule has 0 aliphatic rings. The van der Waals surface area contributed by atoms with Crippen LogP contribution in [0.2, 0.25) is 0 Å². The summed E-state index contributed by atoms with van der Waals surface area (Å²) in [5.74, 6) is 0. The first-order chi connectivity index (χ1) is 9.44. The number of hydrogen-bond donors (Lipinski definition) is 4. The van der Waals surface area contributed by atoms with Gasteiger partial charge in [-0.3, -0.25) is 0 Å². The van der Waals surface area contributed by atoms with E-state index in [2.05, 4.69) is 20.1 Å². The van der Waals surface area contributed by atoms with Crippen LogP contribution in [0.1, 0.15) is 13.8 Å². The van der Waals surface area contributed by atoms with Gasteiger partial charge in [-0.2, -0.15) is 0 Å². The van der Waals surface area contributed by atoms with Gasteiger partial charge in [0.25, 0.3) is 0 Å². The number of ether oxygens (including phenoxy) is 2. The van der Waals surface area contributed by atoms with Gasteiger partial charge < -0.3 is 20.1 Å². The van der Waals surface area contributed by atoms with Crippen molar-refractivity contribution < 1.29 is 28.7 Å². The molecule has 10 heteroatoms. The lowest BCUT2D eigenvalue weighted by Gasteiger charge is -1.95. The average Bonchev–Trinajstić information content (AvgIpc) is 2.41. The SMILES string of the molecule is CCOC(=O)NC.CCOC(=O)NC.N=C=O.N=C=O. The molecule has 0 fully saturated rings. The summed E-state index contributed by atoms with van der Waals surface area (Å²) in [4.78, 5) is 36.9. The molecule has 0 spiro atoms. The van der Waals surface area contributed by atoms with Gasteiger partial charge in [-0.25, -0.2) is 30.0 Å². The molecule has 0 aliphatic heterocycles. The number of amides is 2. The van der Waals surface area contributed by atoms with Crippen LogP contribution in [0, 0.1) is 10.8 Å². The highest BCUT2D eigenvalue weighted by atomic mass is 16.5. The van der Waals surface area contributed by atoms with Crippen molar-refractivity contribution in [1.82, 2.24) is 10.6 Å². The van der Waals surface area contributed by atoms with Gasteiger partial charge in [0.1, 0.15) is 0 Å². The van der Waals surface area contributed by atoms with Crippen LogP contribution in [0.15, 0.2) is 0 Å². The molecule has 0 bridgehead atoms. The third kappa shape index (κ3) is 58.7. The fourth-order valence-corrected chi connectivity index (χ4v) is 0.407. The Morgan fingerprint density at radius 1 is 0.900 bits per heavy atom. The zero-order valence-electron chi connectivity index (χ0n) is 11.9. The zero-order chi connectivity index (χ0) is 16.8. The van der Waals surface area contributed by atoms with Gasteiger partial charge in [0.15, 0.2) is 0 Å². The molecule has 2 amide bonds. The van der Waals surface area contributed by atoms with E-state index in [0.717, 1.165) is 12.2 Å². The summed E-state index contributed by atoms with van der Waals surface area (Å²) in [6, 6.07) is 0. The average molecular weight is 292 g/mol. The van der Waals surface area contributed by atoms with Gasteiger partial charge in [-0.1, -0.05) is 0 Å². The number of hydrogen-bond acceptors (Lipinski definition) is 8. The van der Waals surface area contributed by atoms with E-state index in [-0.39, 0.29) is 12.2 Å². The smallest absolute Gasteiger partial charge is 0.406 e. The van der Waals surface area contributed by atoms with Crippen molar-refractivity contribution in [3.63, 3.8) is 0 Å². The zero-order valence-corrected chi connectivity index (χ0v) is 11.9.